The summed E-state index contributed by atoms with van der Waals surface area (Å²) in [6.45, 7) is 10.4. The Hall–Kier alpha value is -0.970. The van der Waals surface area contributed by atoms with Crippen LogP contribution in [0.4, 0.5) is 0 Å². The molecule has 84 valence electrons. The fourth-order valence-corrected chi connectivity index (χ4v) is 1.15. The number of hydrogen-bond donors (Lipinski definition) is 1. The van der Waals surface area contributed by atoms with Crippen molar-refractivity contribution in [2.75, 3.05) is 0 Å². The third-order valence-corrected chi connectivity index (χ3v) is 2.63. The Kier molecular flexibility index (Phi) is 3.44. The average molecular weight is 226 g/mol. The summed E-state index contributed by atoms with van der Waals surface area (Å²) in [4.78, 5) is 0. The fourth-order valence-electron chi connectivity index (χ4n) is 0.956. The third kappa shape index (κ3) is 2.75. The first kappa shape index (κ1) is 12.1. The summed E-state index contributed by atoms with van der Waals surface area (Å²) in [6, 6.07) is 0. The lowest BCUT2D eigenvalue weighted by atomic mass is 9.91. The van der Waals surface area contributed by atoms with E-state index >= 15 is 0 Å². The predicted octanol–water partition coefficient (Wildman–Crippen LogP) is 2.77. The quantitative estimate of drug-likeness (QED) is 0.622. The van der Waals surface area contributed by atoms with E-state index in [0.717, 1.165) is 18.0 Å². The first-order valence-corrected chi connectivity index (χ1v) is 5.49. The van der Waals surface area contributed by atoms with E-state index in [2.05, 4.69) is 36.1 Å². The molecule has 0 fully saturated rings. The van der Waals surface area contributed by atoms with E-state index in [1.165, 1.54) is 0 Å². The summed E-state index contributed by atoms with van der Waals surface area (Å²) >= 11 is 5.12. The van der Waals surface area contributed by atoms with Crippen LogP contribution in [0.15, 0.2) is 5.10 Å². The molecule has 0 saturated carbocycles. The molecule has 0 saturated heterocycles. The second-order valence-electron chi connectivity index (χ2n) is 4.55. The lowest BCUT2D eigenvalue weighted by molar-refractivity contribution is 0.577. The molecule has 1 aromatic rings. The molecule has 0 atom stereocenters. The van der Waals surface area contributed by atoms with E-state index < -0.39 is 0 Å². The molecule has 0 aliphatic heterocycles. The lowest BCUT2D eigenvalue weighted by Crippen LogP contribution is -2.18. The Bertz CT molecular complexity index is 419. The second-order valence-corrected chi connectivity index (χ2v) is 4.93. The number of nitrogens with one attached hydrogen (secondary N) is 1. The Morgan fingerprint density at radius 2 is 2.13 bits per heavy atom. The molecule has 0 aliphatic carbocycles. The van der Waals surface area contributed by atoms with Crippen LogP contribution in [0.25, 0.3) is 0 Å². The van der Waals surface area contributed by atoms with Crippen LogP contribution in [-0.2, 0) is 6.42 Å². The summed E-state index contributed by atoms with van der Waals surface area (Å²) in [5.74, 6) is 0.864. The lowest BCUT2D eigenvalue weighted by Gasteiger charge is -2.17. The van der Waals surface area contributed by atoms with Crippen LogP contribution in [0.5, 0.6) is 0 Å². The molecule has 0 aliphatic rings. The van der Waals surface area contributed by atoms with Gasteiger partial charge in [-0.25, -0.2) is 0 Å². The molecule has 1 aromatic heterocycles. The summed E-state index contributed by atoms with van der Waals surface area (Å²) in [5, 5.41) is 11.4. The number of H-pyrrole nitrogens is 1. The maximum Gasteiger partial charge on any atom is 0.216 e. The SMILES string of the molecule is CCc1n[nH]c(=S)n1N=C(C)C(C)(C)C. The largest absolute Gasteiger partial charge is 0.250 e. The Balaban J connectivity index is 3.18. The molecule has 0 aromatic carbocycles. The summed E-state index contributed by atoms with van der Waals surface area (Å²) in [7, 11) is 0. The van der Waals surface area contributed by atoms with Crippen molar-refractivity contribution in [2.24, 2.45) is 10.5 Å². The van der Waals surface area contributed by atoms with E-state index in [9.17, 15) is 0 Å². The van der Waals surface area contributed by atoms with Crippen molar-refractivity contribution in [2.45, 2.75) is 41.0 Å². The van der Waals surface area contributed by atoms with Gasteiger partial charge in [-0.2, -0.15) is 14.9 Å². The van der Waals surface area contributed by atoms with E-state index in [1.54, 1.807) is 4.68 Å². The zero-order chi connectivity index (χ0) is 11.6. The highest BCUT2D eigenvalue weighted by molar-refractivity contribution is 7.71. The highest BCUT2D eigenvalue weighted by Crippen LogP contribution is 2.16. The standard InChI is InChI=1S/C10H18N4S/c1-6-8-11-12-9(15)14(8)13-7(2)10(3,4)5/h6H2,1-5H3,(H,12,15). The Labute approximate surface area is 95.4 Å². The average Bonchev–Trinajstić information content (AvgIpc) is 2.46. The van der Waals surface area contributed by atoms with Gasteiger partial charge in [-0.3, -0.25) is 5.10 Å². The molecule has 15 heavy (non-hydrogen) atoms. The zero-order valence-corrected chi connectivity index (χ0v) is 10.8. The first-order chi connectivity index (χ1) is 6.86. The van der Waals surface area contributed by atoms with Crippen LogP contribution in [0.3, 0.4) is 0 Å². The van der Waals surface area contributed by atoms with E-state index in [0.29, 0.717) is 4.77 Å². The van der Waals surface area contributed by atoms with Crippen LogP contribution in [0.2, 0.25) is 0 Å². The summed E-state index contributed by atoms with van der Waals surface area (Å²) in [5.41, 5.74) is 1.09. The van der Waals surface area contributed by atoms with E-state index in [1.807, 2.05) is 13.8 Å². The smallest absolute Gasteiger partial charge is 0.216 e. The molecule has 0 spiro atoms. The van der Waals surface area contributed by atoms with E-state index in [4.69, 9.17) is 12.2 Å². The monoisotopic (exact) mass is 226 g/mol. The molecular formula is C10H18N4S. The number of rotatable bonds is 2. The van der Waals surface area contributed by atoms with Crippen molar-refractivity contribution in [3.8, 4) is 0 Å². The Morgan fingerprint density at radius 1 is 1.53 bits per heavy atom. The summed E-state index contributed by atoms with van der Waals surface area (Å²) in [6.07, 6.45) is 0.814. The molecule has 1 N–H and O–H groups in total. The van der Waals surface area contributed by atoms with Gasteiger partial charge in [0.15, 0.2) is 5.82 Å². The fraction of sp³-hybridized carbons (Fsp3) is 0.700. The van der Waals surface area contributed by atoms with Crippen LogP contribution in [0, 0.1) is 10.2 Å². The van der Waals surface area contributed by atoms with Crippen LogP contribution in [0.1, 0.15) is 40.4 Å². The molecule has 0 bridgehead atoms. The van der Waals surface area contributed by atoms with Crippen molar-refractivity contribution in [3.63, 3.8) is 0 Å². The van der Waals surface area contributed by atoms with Gasteiger partial charge in [-0.05, 0) is 19.1 Å². The van der Waals surface area contributed by atoms with Gasteiger partial charge in [0, 0.05) is 17.5 Å². The second kappa shape index (κ2) is 4.26. The van der Waals surface area contributed by atoms with Gasteiger partial charge in [-0.1, -0.05) is 27.7 Å². The van der Waals surface area contributed by atoms with Crippen LogP contribution >= 0.6 is 12.2 Å². The molecule has 4 nitrogen and oxygen atoms in total. The molecule has 5 heteroatoms. The number of aromatic nitrogens is 3. The van der Waals surface area contributed by atoms with Crippen molar-refractivity contribution in [3.05, 3.63) is 10.6 Å². The van der Waals surface area contributed by atoms with Gasteiger partial charge in [0.1, 0.15) is 0 Å². The minimum Gasteiger partial charge on any atom is -0.250 e. The van der Waals surface area contributed by atoms with Gasteiger partial charge in [0.05, 0.1) is 0 Å². The van der Waals surface area contributed by atoms with Crippen LogP contribution in [-0.4, -0.2) is 20.6 Å². The van der Waals surface area contributed by atoms with Crippen molar-refractivity contribution >= 4 is 17.9 Å². The molecular weight excluding hydrogens is 208 g/mol. The van der Waals surface area contributed by atoms with E-state index in [-0.39, 0.29) is 5.41 Å². The Morgan fingerprint density at radius 3 is 2.60 bits per heavy atom. The normalized spacial score (nSPS) is 13.3. The maximum atomic E-state index is 5.12. The minimum atomic E-state index is 0.0526. The molecule has 0 unspecified atom stereocenters. The maximum absolute atomic E-state index is 5.12. The van der Waals surface area contributed by atoms with Gasteiger partial charge in [0.2, 0.25) is 4.77 Å². The number of aryl methyl sites for hydroxylation is 1. The van der Waals surface area contributed by atoms with Gasteiger partial charge < -0.3 is 0 Å². The summed E-state index contributed by atoms with van der Waals surface area (Å²) < 4.78 is 2.26. The van der Waals surface area contributed by atoms with Gasteiger partial charge in [0.25, 0.3) is 0 Å². The predicted molar refractivity (Wildman–Crippen MR) is 64.8 cm³/mol. The van der Waals surface area contributed by atoms with Gasteiger partial charge in [-0.15, -0.1) is 0 Å². The number of aromatic amines is 1. The van der Waals surface area contributed by atoms with Gasteiger partial charge >= 0.3 is 0 Å². The van der Waals surface area contributed by atoms with Crippen molar-refractivity contribution in [1.29, 1.82) is 0 Å². The highest BCUT2D eigenvalue weighted by Gasteiger charge is 2.15. The van der Waals surface area contributed by atoms with Crippen LogP contribution < -0.4 is 0 Å². The van der Waals surface area contributed by atoms with Crippen molar-refractivity contribution in [1.82, 2.24) is 14.9 Å². The topological polar surface area (TPSA) is 46.0 Å². The third-order valence-electron chi connectivity index (χ3n) is 2.37. The molecule has 1 rings (SSSR count). The first-order valence-electron chi connectivity index (χ1n) is 5.08. The molecule has 0 amide bonds. The minimum absolute atomic E-state index is 0.0526. The molecule has 0 radical (unpaired) electrons. The highest BCUT2D eigenvalue weighted by atomic mass is 32.1. The number of nitrogens with zero attached hydrogens (tertiary/aromatic N) is 3. The number of hydrogen-bond acceptors (Lipinski definition) is 3. The van der Waals surface area contributed by atoms with Crippen molar-refractivity contribution < 1.29 is 0 Å². The zero-order valence-electron chi connectivity index (χ0n) is 9.96. The molecule has 1 heterocycles.